The maximum Gasteiger partial charge on any atom is 0.238 e. The number of primary sulfonamides is 1. The van der Waals surface area contributed by atoms with Gasteiger partial charge in [0.15, 0.2) is 0 Å². The van der Waals surface area contributed by atoms with Crippen LogP contribution in [0.5, 0.6) is 0 Å². The van der Waals surface area contributed by atoms with Crippen molar-refractivity contribution >= 4 is 38.3 Å². The Morgan fingerprint density at radius 1 is 1.05 bits per heavy atom. The van der Waals surface area contributed by atoms with Crippen molar-refractivity contribution in [1.82, 2.24) is 9.97 Å². The normalized spacial score (nSPS) is 12.3. The number of halogens is 2. The Morgan fingerprint density at radius 3 is 2.44 bits per heavy atom. The third kappa shape index (κ3) is 5.27. The van der Waals surface area contributed by atoms with Crippen LogP contribution in [0.3, 0.4) is 0 Å². The van der Waals surface area contributed by atoms with Gasteiger partial charge in [-0.15, -0.1) is 0 Å². The average molecular weight is 577 g/mol. The summed E-state index contributed by atoms with van der Waals surface area (Å²) in [5.74, 6) is -1.28. The van der Waals surface area contributed by atoms with Crippen molar-refractivity contribution in [2.45, 2.75) is 17.9 Å². The van der Waals surface area contributed by atoms with Crippen LogP contribution in [0.15, 0.2) is 87.2 Å². The molecule has 0 bridgehead atoms. The first kappa shape index (κ1) is 27.6. The monoisotopic (exact) mass is 576 g/mol. The fraction of sp³-hybridized carbons (Fsp3) is 0.0714. The summed E-state index contributed by atoms with van der Waals surface area (Å²) in [6, 6.07) is 13.7. The van der Waals surface area contributed by atoms with Gasteiger partial charge in [0.2, 0.25) is 15.5 Å². The smallest absolute Gasteiger partial charge is 0.238 e. The van der Waals surface area contributed by atoms with Crippen LogP contribution in [0.4, 0.5) is 20.4 Å². The van der Waals surface area contributed by atoms with Crippen LogP contribution in [-0.2, 0) is 10.0 Å². The van der Waals surface area contributed by atoms with Gasteiger partial charge in [-0.1, -0.05) is 30.3 Å². The lowest BCUT2D eigenvalue weighted by Gasteiger charge is -2.20. The zero-order chi connectivity index (χ0) is 29.5. The summed E-state index contributed by atoms with van der Waals surface area (Å²) in [5, 5.41) is 16.7. The third-order valence-corrected chi connectivity index (χ3v) is 7.28. The molecule has 0 saturated heterocycles. The van der Waals surface area contributed by atoms with Gasteiger partial charge in [0.05, 0.1) is 27.8 Å². The number of nitrogen functional groups attached to an aromatic ring is 1. The molecule has 208 valence electrons. The highest BCUT2D eigenvalue weighted by molar-refractivity contribution is 7.89. The molecular formula is C28H22F2N6O4S. The molecule has 5 aromatic rings. The van der Waals surface area contributed by atoms with Gasteiger partial charge >= 0.3 is 0 Å². The molecule has 0 aliphatic rings. The second-order valence-electron chi connectivity index (χ2n) is 9.09. The zero-order valence-corrected chi connectivity index (χ0v) is 22.2. The van der Waals surface area contributed by atoms with E-state index < -0.39 is 33.1 Å². The molecule has 3 aromatic carbocycles. The standard InChI is InChI=1S/C28H22F2N6O4S/c1-14(26-21(16-4-2-5-17(29)12-16)25(37)22-19(30)6-3-7-20(22)40-26)36-28-23(27(32)34-13-35-28)24(31)15-8-10-18(11-9-15)41(33,38)39/h2-14,31H,1H3,(H2,33,38,39)(H3,32,34,35,36). The van der Waals surface area contributed by atoms with Crippen LogP contribution in [-0.4, -0.2) is 24.1 Å². The van der Waals surface area contributed by atoms with E-state index in [1.54, 1.807) is 6.92 Å². The van der Waals surface area contributed by atoms with Crippen molar-refractivity contribution in [3.63, 3.8) is 0 Å². The molecule has 41 heavy (non-hydrogen) atoms. The van der Waals surface area contributed by atoms with Gasteiger partial charge in [-0.3, -0.25) is 10.2 Å². The molecule has 2 aromatic heterocycles. The van der Waals surface area contributed by atoms with Crippen LogP contribution in [0, 0.1) is 17.0 Å². The molecule has 0 amide bonds. The summed E-state index contributed by atoms with van der Waals surface area (Å²) < 4.78 is 58.1. The highest BCUT2D eigenvalue weighted by atomic mass is 32.2. The minimum atomic E-state index is -3.94. The number of benzene rings is 3. The maximum absolute atomic E-state index is 14.7. The van der Waals surface area contributed by atoms with Crippen LogP contribution in [0.2, 0.25) is 0 Å². The second kappa shape index (κ2) is 10.5. The summed E-state index contributed by atoms with van der Waals surface area (Å²) in [7, 11) is -3.94. The van der Waals surface area contributed by atoms with Gasteiger partial charge in [0.25, 0.3) is 0 Å². The molecule has 0 radical (unpaired) electrons. The lowest BCUT2D eigenvalue weighted by Crippen LogP contribution is -2.19. The van der Waals surface area contributed by atoms with Gasteiger partial charge in [-0.2, -0.15) is 0 Å². The first-order valence-electron chi connectivity index (χ1n) is 12.1. The van der Waals surface area contributed by atoms with Crippen molar-refractivity contribution in [1.29, 1.82) is 5.41 Å². The van der Waals surface area contributed by atoms with E-state index in [0.29, 0.717) is 5.56 Å². The molecule has 10 nitrogen and oxygen atoms in total. The minimum Gasteiger partial charge on any atom is -0.458 e. The number of hydrogen-bond donors (Lipinski definition) is 4. The van der Waals surface area contributed by atoms with Crippen molar-refractivity contribution in [2.75, 3.05) is 11.1 Å². The van der Waals surface area contributed by atoms with E-state index in [1.165, 1.54) is 60.9 Å². The van der Waals surface area contributed by atoms with Crippen molar-refractivity contribution < 1.29 is 21.6 Å². The molecule has 0 spiro atoms. The number of nitrogens with two attached hydrogens (primary N) is 2. The first-order valence-corrected chi connectivity index (χ1v) is 13.6. The lowest BCUT2D eigenvalue weighted by molar-refractivity contribution is 0.512. The van der Waals surface area contributed by atoms with Gasteiger partial charge < -0.3 is 15.5 Å². The molecule has 5 rings (SSSR count). The molecule has 1 atom stereocenters. The van der Waals surface area contributed by atoms with E-state index in [0.717, 1.165) is 12.1 Å². The Balaban J connectivity index is 1.61. The number of hydrogen-bond acceptors (Lipinski definition) is 9. The maximum atomic E-state index is 14.7. The number of aromatic nitrogens is 2. The van der Waals surface area contributed by atoms with E-state index in [2.05, 4.69) is 15.3 Å². The second-order valence-corrected chi connectivity index (χ2v) is 10.6. The van der Waals surface area contributed by atoms with E-state index >= 15 is 0 Å². The minimum absolute atomic E-state index is 0.0103. The summed E-state index contributed by atoms with van der Waals surface area (Å²) in [6.07, 6.45) is 1.17. The van der Waals surface area contributed by atoms with Crippen LogP contribution in [0.25, 0.3) is 22.1 Å². The Labute approximate surface area is 232 Å². The first-order chi connectivity index (χ1) is 19.5. The van der Waals surface area contributed by atoms with Crippen molar-refractivity contribution in [3.05, 3.63) is 112 Å². The molecular weight excluding hydrogens is 554 g/mol. The highest BCUT2D eigenvalue weighted by Gasteiger charge is 2.25. The number of nitrogens with one attached hydrogen (secondary N) is 2. The Kier molecular flexibility index (Phi) is 7.07. The molecule has 2 heterocycles. The average Bonchev–Trinajstić information content (AvgIpc) is 2.92. The van der Waals surface area contributed by atoms with Crippen LogP contribution < -0.4 is 21.6 Å². The molecule has 0 saturated carbocycles. The number of rotatable bonds is 7. The van der Waals surface area contributed by atoms with Crippen molar-refractivity contribution in [3.8, 4) is 11.1 Å². The zero-order valence-electron chi connectivity index (χ0n) is 21.4. The van der Waals surface area contributed by atoms with E-state index in [9.17, 15) is 22.0 Å². The SMILES string of the molecule is CC(Nc1ncnc(N)c1C(=N)c1ccc(S(N)(=O)=O)cc1)c1oc2cccc(F)c2c(=O)c1-c1cccc(F)c1. The Bertz CT molecular complexity index is 2000. The topological polar surface area (TPSA) is 178 Å². The molecule has 0 fully saturated rings. The van der Waals surface area contributed by atoms with Gasteiger partial charge in [0, 0.05) is 5.56 Å². The van der Waals surface area contributed by atoms with Crippen LogP contribution >= 0.6 is 0 Å². The highest BCUT2D eigenvalue weighted by Crippen LogP contribution is 2.33. The van der Waals surface area contributed by atoms with Gasteiger partial charge in [-0.05, 0) is 48.9 Å². The molecule has 1 unspecified atom stereocenters. The summed E-state index contributed by atoms with van der Waals surface area (Å²) >= 11 is 0. The molecule has 6 N–H and O–H groups in total. The predicted octanol–water partition coefficient (Wildman–Crippen LogP) is 4.35. The quantitative estimate of drug-likeness (QED) is 0.207. The van der Waals surface area contributed by atoms with Crippen molar-refractivity contribution in [2.24, 2.45) is 5.14 Å². The van der Waals surface area contributed by atoms with Gasteiger partial charge in [0.1, 0.15) is 46.3 Å². The number of anilines is 2. The lowest BCUT2D eigenvalue weighted by atomic mass is 9.98. The Morgan fingerprint density at radius 2 is 1.76 bits per heavy atom. The predicted molar refractivity (Wildman–Crippen MR) is 150 cm³/mol. The van der Waals surface area contributed by atoms with E-state index in [1.807, 2.05) is 0 Å². The third-order valence-electron chi connectivity index (χ3n) is 6.35. The summed E-state index contributed by atoms with van der Waals surface area (Å²) in [4.78, 5) is 21.6. The number of nitrogens with zero attached hydrogens (tertiary/aromatic N) is 2. The fourth-order valence-electron chi connectivity index (χ4n) is 4.42. The molecule has 0 aliphatic carbocycles. The van der Waals surface area contributed by atoms with Crippen LogP contribution in [0.1, 0.15) is 29.9 Å². The summed E-state index contributed by atoms with van der Waals surface area (Å²) in [6.45, 7) is 1.64. The van der Waals surface area contributed by atoms with Gasteiger partial charge in [-0.25, -0.2) is 32.3 Å². The molecule has 13 heteroatoms. The largest absolute Gasteiger partial charge is 0.458 e. The van der Waals surface area contributed by atoms with E-state index in [4.69, 9.17) is 20.7 Å². The number of sulfonamides is 1. The number of fused-ring (bicyclic) bond motifs is 1. The molecule has 0 aliphatic heterocycles. The Hall–Kier alpha value is -5.01. The fourth-order valence-corrected chi connectivity index (χ4v) is 4.94. The summed E-state index contributed by atoms with van der Waals surface area (Å²) in [5.41, 5.74) is 5.79. The van der Waals surface area contributed by atoms with E-state index in [-0.39, 0.29) is 55.7 Å².